The number of nitrogens with one attached hydrogen (secondary N) is 1. The number of rotatable bonds is 6. The molecule has 1 aromatic heterocycles. The summed E-state index contributed by atoms with van der Waals surface area (Å²) in [5.74, 6) is 0. The third-order valence-corrected chi connectivity index (χ3v) is 6.91. The van der Waals surface area contributed by atoms with Crippen molar-refractivity contribution in [2.45, 2.75) is 50.5 Å². The van der Waals surface area contributed by atoms with Crippen molar-refractivity contribution in [3.8, 4) is 0 Å². The predicted octanol–water partition coefficient (Wildman–Crippen LogP) is 1.43. The van der Waals surface area contributed by atoms with Gasteiger partial charge in [0.2, 0.25) is 10.0 Å². The lowest BCUT2D eigenvalue weighted by Crippen LogP contribution is -2.37. The van der Waals surface area contributed by atoms with Crippen LogP contribution in [0.15, 0.2) is 38.8 Å². The third kappa shape index (κ3) is 4.06. The van der Waals surface area contributed by atoms with Gasteiger partial charge in [0.1, 0.15) is 0 Å². The first-order valence-corrected chi connectivity index (χ1v) is 10.6. The monoisotopic (exact) mass is 391 g/mol. The summed E-state index contributed by atoms with van der Waals surface area (Å²) in [6, 6.07) is 6.81. The van der Waals surface area contributed by atoms with Crippen molar-refractivity contribution in [1.82, 2.24) is 13.9 Å². The molecule has 1 aliphatic rings. The molecule has 0 saturated heterocycles. The largest absolute Gasteiger partial charge is 0.328 e. The van der Waals surface area contributed by atoms with Gasteiger partial charge in [0.05, 0.1) is 4.90 Å². The maximum atomic E-state index is 12.7. The van der Waals surface area contributed by atoms with Crippen LogP contribution in [0, 0.1) is 6.92 Å². The normalized spacial score (nSPS) is 14.3. The molecule has 7 nitrogen and oxygen atoms in total. The lowest BCUT2D eigenvalue weighted by Gasteiger charge is -2.21. The van der Waals surface area contributed by atoms with Crippen LogP contribution in [0.25, 0.3) is 0 Å². The number of benzene rings is 1. The average Bonchev–Trinajstić information content (AvgIpc) is 2.64. The van der Waals surface area contributed by atoms with E-state index < -0.39 is 15.7 Å². The van der Waals surface area contributed by atoms with E-state index in [2.05, 4.69) is 4.98 Å². The second kappa shape index (κ2) is 7.82. The first kappa shape index (κ1) is 19.6. The molecular formula is C19H25N3O4S. The van der Waals surface area contributed by atoms with Crippen LogP contribution in [0.4, 0.5) is 0 Å². The first-order valence-electron chi connectivity index (χ1n) is 9.18. The molecule has 1 aromatic carbocycles. The minimum Gasteiger partial charge on any atom is -0.297 e. The van der Waals surface area contributed by atoms with E-state index in [4.69, 9.17) is 0 Å². The summed E-state index contributed by atoms with van der Waals surface area (Å²) in [4.78, 5) is 26.9. The fourth-order valence-electron chi connectivity index (χ4n) is 3.56. The zero-order chi connectivity index (χ0) is 19.6. The van der Waals surface area contributed by atoms with Crippen LogP contribution in [-0.4, -0.2) is 35.9 Å². The second-order valence-corrected chi connectivity index (χ2v) is 9.08. The lowest BCUT2D eigenvalue weighted by atomic mass is 9.97. The van der Waals surface area contributed by atoms with Crippen molar-refractivity contribution < 1.29 is 8.42 Å². The summed E-state index contributed by atoms with van der Waals surface area (Å²) in [7, 11) is -2.02. The molecule has 0 atom stereocenters. The fraction of sp³-hybridized carbons (Fsp3) is 0.474. The number of hydrogen-bond donors (Lipinski definition) is 1. The van der Waals surface area contributed by atoms with Crippen LogP contribution in [-0.2, 0) is 29.4 Å². The molecule has 1 N–H and O–H groups in total. The zero-order valence-electron chi connectivity index (χ0n) is 15.7. The zero-order valence-corrected chi connectivity index (χ0v) is 16.5. The van der Waals surface area contributed by atoms with Gasteiger partial charge in [-0.05, 0) is 56.7 Å². The van der Waals surface area contributed by atoms with Crippen LogP contribution in [0.5, 0.6) is 0 Å². The smallest absolute Gasteiger partial charge is 0.297 e. The topological polar surface area (TPSA) is 92.2 Å². The Morgan fingerprint density at radius 3 is 2.67 bits per heavy atom. The van der Waals surface area contributed by atoms with Gasteiger partial charge in [0, 0.05) is 31.4 Å². The summed E-state index contributed by atoms with van der Waals surface area (Å²) in [6.07, 6.45) is 3.79. The standard InChI is InChI=1S/C19H25N3O4S/c1-14-7-5-8-15(13-14)27(25,26)21(2)11-6-12-22-17-10-4-3-9-16(17)18(23)20-19(22)24/h5,7-8,13H,3-4,6,9-12H2,1-2H3,(H,20,23,24). The van der Waals surface area contributed by atoms with Gasteiger partial charge >= 0.3 is 5.69 Å². The van der Waals surface area contributed by atoms with Crippen molar-refractivity contribution in [2.24, 2.45) is 0 Å². The molecule has 0 unspecified atom stereocenters. The number of fused-ring (bicyclic) bond motifs is 1. The average molecular weight is 391 g/mol. The van der Waals surface area contributed by atoms with E-state index in [0.717, 1.165) is 24.1 Å². The molecule has 146 valence electrons. The van der Waals surface area contributed by atoms with Crippen LogP contribution in [0.1, 0.15) is 36.1 Å². The van der Waals surface area contributed by atoms with Crippen LogP contribution in [0.3, 0.4) is 0 Å². The Bertz CT molecular complexity index is 1050. The lowest BCUT2D eigenvalue weighted by molar-refractivity contribution is 0.435. The van der Waals surface area contributed by atoms with Gasteiger partial charge in [0.25, 0.3) is 5.56 Å². The van der Waals surface area contributed by atoms with Crippen molar-refractivity contribution >= 4 is 10.0 Å². The van der Waals surface area contributed by atoms with Crippen molar-refractivity contribution in [3.05, 3.63) is 61.9 Å². The molecule has 0 aliphatic heterocycles. The van der Waals surface area contributed by atoms with Gasteiger partial charge in [-0.2, -0.15) is 0 Å². The molecule has 0 bridgehead atoms. The summed E-state index contributed by atoms with van der Waals surface area (Å²) in [5, 5.41) is 0. The number of H-pyrrole nitrogens is 1. The Morgan fingerprint density at radius 1 is 1.19 bits per heavy atom. The predicted molar refractivity (Wildman–Crippen MR) is 104 cm³/mol. The fourth-order valence-corrected chi connectivity index (χ4v) is 4.87. The van der Waals surface area contributed by atoms with Gasteiger partial charge in [0.15, 0.2) is 0 Å². The molecular weight excluding hydrogens is 366 g/mol. The molecule has 0 radical (unpaired) electrons. The molecule has 0 saturated carbocycles. The molecule has 0 spiro atoms. The highest BCUT2D eigenvalue weighted by Crippen LogP contribution is 2.18. The molecule has 2 aromatic rings. The van der Waals surface area contributed by atoms with E-state index in [-0.39, 0.29) is 17.0 Å². The van der Waals surface area contributed by atoms with Crippen molar-refractivity contribution in [1.29, 1.82) is 0 Å². The van der Waals surface area contributed by atoms with Gasteiger partial charge in [-0.3, -0.25) is 14.3 Å². The van der Waals surface area contributed by atoms with E-state index in [1.807, 2.05) is 13.0 Å². The number of sulfonamides is 1. The van der Waals surface area contributed by atoms with Crippen molar-refractivity contribution in [2.75, 3.05) is 13.6 Å². The Hall–Kier alpha value is -2.19. The highest BCUT2D eigenvalue weighted by Gasteiger charge is 2.21. The SMILES string of the molecule is Cc1cccc(S(=O)(=O)N(C)CCCn2c3c(c(=O)[nH]c2=O)CCCC3)c1. The number of aryl methyl sites for hydroxylation is 1. The summed E-state index contributed by atoms with van der Waals surface area (Å²) < 4.78 is 28.3. The molecule has 1 heterocycles. The summed E-state index contributed by atoms with van der Waals surface area (Å²) in [6.45, 7) is 2.52. The quantitative estimate of drug-likeness (QED) is 0.806. The third-order valence-electron chi connectivity index (χ3n) is 5.06. The first-order chi connectivity index (χ1) is 12.8. The molecule has 3 rings (SSSR count). The molecule has 27 heavy (non-hydrogen) atoms. The van der Waals surface area contributed by atoms with Crippen LogP contribution < -0.4 is 11.2 Å². The number of nitrogens with zero attached hydrogens (tertiary/aromatic N) is 2. The van der Waals surface area contributed by atoms with E-state index in [1.54, 1.807) is 29.8 Å². The number of aromatic nitrogens is 2. The molecule has 8 heteroatoms. The van der Waals surface area contributed by atoms with Gasteiger partial charge in [-0.15, -0.1) is 0 Å². The van der Waals surface area contributed by atoms with Crippen LogP contribution >= 0.6 is 0 Å². The summed E-state index contributed by atoms with van der Waals surface area (Å²) >= 11 is 0. The van der Waals surface area contributed by atoms with Gasteiger partial charge in [-0.25, -0.2) is 17.5 Å². The second-order valence-electron chi connectivity index (χ2n) is 7.04. The van der Waals surface area contributed by atoms with Gasteiger partial charge < -0.3 is 0 Å². The van der Waals surface area contributed by atoms with E-state index in [0.29, 0.717) is 31.4 Å². The maximum absolute atomic E-state index is 12.7. The van der Waals surface area contributed by atoms with Crippen LogP contribution in [0.2, 0.25) is 0 Å². The minimum absolute atomic E-state index is 0.267. The maximum Gasteiger partial charge on any atom is 0.328 e. The summed E-state index contributed by atoms with van der Waals surface area (Å²) in [5.41, 5.74) is 1.69. The van der Waals surface area contributed by atoms with Gasteiger partial charge in [-0.1, -0.05) is 12.1 Å². The van der Waals surface area contributed by atoms with E-state index in [9.17, 15) is 18.0 Å². The van der Waals surface area contributed by atoms with E-state index >= 15 is 0 Å². The highest BCUT2D eigenvalue weighted by atomic mass is 32.2. The minimum atomic E-state index is -3.56. The number of hydrogen-bond acceptors (Lipinski definition) is 4. The Kier molecular flexibility index (Phi) is 5.67. The van der Waals surface area contributed by atoms with E-state index in [1.165, 1.54) is 4.31 Å². The Balaban J connectivity index is 1.73. The molecule has 1 aliphatic carbocycles. The molecule has 0 fully saturated rings. The number of aromatic amines is 1. The highest BCUT2D eigenvalue weighted by molar-refractivity contribution is 7.89. The Morgan fingerprint density at radius 2 is 1.93 bits per heavy atom. The van der Waals surface area contributed by atoms with Crippen molar-refractivity contribution in [3.63, 3.8) is 0 Å². The molecule has 0 amide bonds. The Labute approximate surface area is 158 Å².